The fourth-order valence-corrected chi connectivity index (χ4v) is 2.44. The average Bonchev–Trinajstić information content (AvgIpc) is 2.33. The molecule has 2 aromatic rings. The first-order valence-corrected chi connectivity index (χ1v) is 6.91. The van der Waals surface area contributed by atoms with Crippen molar-refractivity contribution in [3.05, 3.63) is 56.5 Å². The van der Waals surface area contributed by atoms with Gasteiger partial charge in [-0.2, -0.15) is 5.26 Å². The van der Waals surface area contributed by atoms with Crippen LogP contribution in [0.1, 0.15) is 11.1 Å². The molecule has 1 N–H and O–H groups in total. The summed E-state index contributed by atoms with van der Waals surface area (Å²) in [5.41, 5.74) is 3.68. The fourth-order valence-electron chi connectivity index (χ4n) is 1.56. The van der Waals surface area contributed by atoms with Crippen LogP contribution in [0.5, 0.6) is 0 Å². The van der Waals surface area contributed by atoms with Gasteiger partial charge in [-0.05, 0) is 42.8 Å². The summed E-state index contributed by atoms with van der Waals surface area (Å²) in [6, 6.07) is 13.7. The van der Waals surface area contributed by atoms with Gasteiger partial charge in [0.2, 0.25) is 0 Å². The Morgan fingerprint density at radius 3 is 2.50 bits per heavy atom. The van der Waals surface area contributed by atoms with E-state index in [4.69, 9.17) is 5.26 Å². The van der Waals surface area contributed by atoms with E-state index >= 15 is 0 Å². The Kier molecular flexibility index (Phi) is 4.05. The van der Waals surface area contributed by atoms with E-state index in [2.05, 4.69) is 43.2 Å². The van der Waals surface area contributed by atoms with Crippen molar-refractivity contribution in [3.63, 3.8) is 0 Å². The number of rotatable bonds is 2. The van der Waals surface area contributed by atoms with Crippen LogP contribution in [0, 0.1) is 18.3 Å². The Bertz CT molecular complexity index is 630. The number of nitrogens with zero attached hydrogens (tertiary/aromatic N) is 1. The van der Waals surface area contributed by atoms with Gasteiger partial charge in [-0.1, -0.05) is 37.9 Å². The van der Waals surface area contributed by atoms with Crippen molar-refractivity contribution in [2.45, 2.75) is 6.92 Å². The standard InChI is InChI=1S/C14H10Br2N2/c1-9-2-3-12(7-14(9)16)18-13-5-10(8-17)4-11(15)6-13/h2-7,18H,1H3. The molecule has 0 radical (unpaired) electrons. The van der Waals surface area contributed by atoms with E-state index in [1.807, 2.05) is 37.3 Å². The highest BCUT2D eigenvalue weighted by Gasteiger charge is 2.01. The molecule has 4 heteroatoms. The monoisotopic (exact) mass is 364 g/mol. The second-order valence-electron chi connectivity index (χ2n) is 3.93. The Hall–Kier alpha value is -1.31. The summed E-state index contributed by atoms with van der Waals surface area (Å²) in [6.07, 6.45) is 0. The maximum Gasteiger partial charge on any atom is 0.0992 e. The Morgan fingerprint density at radius 1 is 1.06 bits per heavy atom. The Balaban J connectivity index is 2.31. The summed E-state index contributed by atoms with van der Waals surface area (Å²) in [5.74, 6) is 0. The smallest absolute Gasteiger partial charge is 0.0992 e. The van der Waals surface area contributed by atoms with Gasteiger partial charge in [-0.15, -0.1) is 0 Å². The van der Waals surface area contributed by atoms with Gasteiger partial charge >= 0.3 is 0 Å². The topological polar surface area (TPSA) is 35.8 Å². The van der Waals surface area contributed by atoms with Crippen LogP contribution >= 0.6 is 31.9 Å². The SMILES string of the molecule is Cc1ccc(Nc2cc(Br)cc(C#N)c2)cc1Br. The lowest BCUT2D eigenvalue weighted by molar-refractivity contribution is 1.41. The highest BCUT2D eigenvalue weighted by Crippen LogP contribution is 2.26. The summed E-state index contributed by atoms with van der Waals surface area (Å²) in [5, 5.41) is 12.2. The third-order valence-corrected chi connectivity index (χ3v) is 3.80. The minimum Gasteiger partial charge on any atom is -0.355 e. The van der Waals surface area contributed by atoms with Crippen molar-refractivity contribution < 1.29 is 0 Å². The van der Waals surface area contributed by atoms with E-state index in [0.29, 0.717) is 5.56 Å². The molecule has 0 aromatic heterocycles. The summed E-state index contributed by atoms with van der Waals surface area (Å²) in [7, 11) is 0. The van der Waals surface area contributed by atoms with Crippen LogP contribution in [0.4, 0.5) is 11.4 Å². The van der Waals surface area contributed by atoms with Crippen LogP contribution in [-0.2, 0) is 0 Å². The van der Waals surface area contributed by atoms with Crippen molar-refractivity contribution in [2.75, 3.05) is 5.32 Å². The molecule has 2 rings (SSSR count). The number of nitrogens with one attached hydrogen (secondary N) is 1. The molecule has 0 fully saturated rings. The van der Waals surface area contributed by atoms with E-state index in [-0.39, 0.29) is 0 Å². The first-order valence-electron chi connectivity index (χ1n) is 5.32. The molecule has 2 nitrogen and oxygen atoms in total. The molecular formula is C14H10Br2N2. The third-order valence-electron chi connectivity index (χ3n) is 2.49. The van der Waals surface area contributed by atoms with Gasteiger partial charge in [0.1, 0.15) is 0 Å². The van der Waals surface area contributed by atoms with E-state index in [9.17, 15) is 0 Å². The van der Waals surface area contributed by atoms with Crippen LogP contribution < -0.4 is 5.32 Å². The van der Waals surface area contributed by atoms with E-state index < -0.39 is 0 Å². The number of halogens is 2. The average molecular weight is 366 g/mol. The minimum absolute atomic E-state index is 0.623. The molecule has 0 saturated carbocycles. The number of hydrogen-bond donors (Lipinski definition) is 1. The van der Waals surface area contributed by atoms with E-state index in [1.165, 1.54) is 5.56 Å². The molecule has 0 heterocycles. The van der Waals surface area contributed by atoms with Gasteiger partial charge in [0.25, 0.3) is 0 Å². The molecule has 0 atom stereocenters. The predicted octanol–water partition coefficient (Wildman–Crippen LogP) is 5.14. The van der Waals surface area contributed by atoms with Gasteiger partial charge in [0.15, 0.2) is 0 Å². The molecule has 0 saturated heterocycles. The van der Waals surface area contributed by atoms with E-state index in [0.717, 1.165) is 20.3 Å². The van der Waals surface area contributed by atoms with Crippen LogP contribution in [0.25, 0.3) is 0 Å². The maximum absolute atomic E-state index is 8.93. The minimum atomic E-state index is 0.623. The second-order valence-corrected chi connectivity index (χ2v) is 5.70. The zero-order valence-corrected chi connectivity index (χ0v) is 12.8. The van der Waals surface area contributed by atoms with Crippen molar-refractivity contribution >= 4 is 43.2 Å². The number of aryl methyl sites for hydroxylation is 1. The molecule has 0 aliphatic heterocycles. The van der Waals surface area contributed by atoms with Crippen molar-refractivity contribution in [1.29, 1.82) is 5.26 Å². The largest absolute Gasteiger partial charge is 0.355 e. The molecular weight excluding hydrogens is 356 g/mol. The number of hydrogen-bond acceptors (Lipinski definition) is 2. The normalized spacial score (nSPS) is 9.89. The molecule has 90 valence electrons. The lowest BCUT2D eigenvalue weighted by Gasteiger charge is -2.09. The molecule has 0 aliphatic carbocycles. The number of anilines is 2. The van der Waals surface area contributed by atoms with Crippen molar-refractivity contribution in [3.8, 4) is 6.07 Å². The molecule has 0 amide bonds. The van der Waals surface area contributed by atoms with Crippen LogP contribution in [0.15, 0.2) is 45.3 Å². The second kappa shape index (κ2) is 5.55. The lowest BCUT2D eigenvalue weighted by atomic mass is 10.2. The quantitative estimate of drug-likeness (QED) is 0.800. The summed E-state index contributed by atoms with van der Waals surface area (Å²) in [6.45, 7) is 2.04. The zero-order valence-electron chi connectivity index (χ0n) is 9.67. The lowest BCUT2D eigenvalue weighted by Crippen LogP contribution is -1.92. The molecule has 0 spiro atoms. The molecule has 0 aliphatic rings. The molecule has 2 aromatic carbocycles. The number of benzene rings is 2. The number of nitriles is 1. The van der Waals surface area contributed by atoms with Crippen LogP contribution in [0.2, 0.25) is 0 Å². The molecule has 0 bridgehead atoms. The maximum atomic E-state index is 8.93. The molecule has 18 heavy (non-hydrogen) atoms. The predicted molar refractivity (Wildman–Crippen MR) is 81.0 cm³/mol. The van der Waals surface area contributed by atoms with Gasteiger partial charge in [0.05, 0.1) is 11.6 Å². The van der Waals surface area contributed by atoms with Crippen molar-refractivity contribution in [2.24, 2.45) is 0 Å². The first kappa shape index (κ1) is 13.1. The highest BCUT2D eigenvalue weighted by molar-refractivity contribution is 9.10. The van der Waals surface area contributed by atoms with Gasteiger partial charge in [0, 0.05) is 20.3 Å². The Labute approximate surface area is 123 Å². The van der Waals surface area contributed by atoms with Gasteiger partial charge in [-0.25, -0.2) is 0 Å². The summed E-state index contributed by atoms with van der Waals surface area (Å²) in [4.78, 5) is 0. The van der Waals surface area contributed by atoms with Crippen LogP contribution in [-0.4, -0.2) is 0 Å². The Morgan fingerprint density at radius 2 is 1.83 bits per heavy atom. The van der Waals surface area contributed by atoms with Crippen molar-refractivity contribution in [1.82, 2.24) is 0 Å². The van der Waals surface area contributed by atoms with Gasteiger partial charge in [-0.3, -0.25) is 0 Å². The zero-order chi connectivity index (χ0) is 13.1. The summed E-state index contributed by atoms with van der Waals surface area (Å²) >= 11 is 6.89. The summed E-state index contributed by atoms with van der Waals surface area (Å²) < 4.78 is 1.94. The van der Waals surface area contributed by atoms with Gasteiger partial charge < -0.3 is 5.32 Å². The molecule has 0 unspecified atom stereocenters. The van der Waals surface area contributed by atoms with Crippen LogP contribution in [0.3, 0.4) is 0 Å². The third kappa shape index (κ3) is 3.12. The first-order chi connectivity index (χ1) is 8.58. The fraction of sp³-hybridized carbons (Fsp3) is 0.0714. The van der Waals surface area contributed by atoms with E-state index in [1.54, 1.807) is 6.07 Å². The highest BCUT2D eigenvalue weighted by atomic mass is 79.9.